The van der Waals surface area contributed by atoms with E-state index in [1.807, 2.05) is 6.92 Å². The molecule has 114 valence electrons. The van der Waals surface area contributed by atoms with E-state index in [1.165, 1.54) is 26.4 Å². The molecule has 1 unspecified atom stereocenters. The summed E-state index contributed by atoms with van der Waals surface area (Å²) in [5, 5.41) is 3.20. The maximum Gasteiger partial charge on any atom is 0.172 e. The average molecular weight is 352 g/mol. The van der Waals surface area contributed by atoms with Crippen LogP contribution >= 0.6 is 15.9 Å². The summed E-state index contributed by atoms with van der Waals surface area (Å²) >= 11 is 3.07. The highest BCUT2D eigenvalue weighted by atomic mass is 79.9. The van der Waals surface area contributed by atoms with Gasteiger partial charge in [0.1, 0.15) is 11.6 Å². The quantitative estimate of drug-likeness (QED) is 0.576. The number of rotatable bonds is 8. The van der Waals surface area contributed by atoms with Crippen LogP contribution in [0.4, 0.5) is 8.78 Å². The number of methoxy groups -OCH3 is 2. The predicted molar refractivity (Wildman–Crippen MR) is 77.6 cm³/mol. The summed E-state index contributed by atoms with van der Waals surface area (Å²) in [4.78, 5) is 0. The van der Waals surface area contributed by atoms with Gasteiger partial charge in [0.15, 0.2) is 6.29 Å². The largest absolute Gasteiger partial charge is 0.354 e. The van der Waals surface area contributed by atoms with Gasteiger partial charge in [-0.05, 0) is 47.4 Å². The second-order valence-corrected chi connectivity index (χ2v) is 5.28. The topological polar surface area (TPSA) is 30.5 Å². The summed E-state index contributed by atoms with van der Waals surface area (Å²) in [6.45, 7) is 2.73. The molecule has 0 bridgehead atoms. The third-order valence-corrected chi connectivity index (χ3v) is 3.63. The lowest BCUT2D eigenvalue weighted by atomic mass is 10.0. The summed E-state index contributed by atoms with van der Waals surface area (Å²) in [6.07, 6.45) is 0.475. The Morgan fingerprint density at radius 3 is 2.45 bits per heavy atom. The number of hydrogen-bond donors (Lipinski definition) is 1. The smallest absolute Gasteiger partial charge is 0.172 e. The highest BCUT2D eigenvalue weighted by Gasteiger charge is 2.24. The van der Waals surface area contributed by atoms with Crippen LogP contribution in [0.15, 0.2) is 16.6 Å². The Morgan fingerprint density at radius 1 is 1.25 bits per heavy atom. The van der Waals surface area contributed by atoms with Crippen molar-refractivity contribution in [2.75, 3.05) is 20.8 Å². The summed E-state index contributed by atoms with van der Waals surface area (Å²) in [6, 6.07) is 2.27. The highest BCUT2D eigenvalue weighted by molar-refractivity contribution is 9.10. The van der Waals surface area contributed by atoms with Crippen LogP contribution in [0.1, 0.15) is 18.9 Å². The van der Waals surface area contributed by atoms with Crippen molar-refractivity contribution in [3.8, 4) is 0 Å². The molecule has 0 aromatic heterocycles. The van der Waals surface area contributed by atoms with Crippen molar-refractivity contribution in [1.82, 2.24) is 5.32 Å². The Kier molecular flexibility index (Phi) is 7.58. The minimum absolute atomic E-state index is 0.0204. The molecule has 0 saturated heterocycles. The maximum atomic E-state index is 14.0. The molecule has 1 atom stereocenters. The highest BCUT2D eigenvalue weighted by Crippen LogP contribution is 2.23. The van der Waals surface area contributed by atoms with Crippen molar-refractivity contribution < 1.29 is 18.3 Å². The third kappa shape index (κ3) is 4.48. The molecular formula is C14H20BrF2NO2. The molecule has 1 rings (SSSR count). The normalized spacial score (nSPS) is 12.9. The molecule has 0 amide bonds. The van der Waals surface area contributed by atoms with Gasteiger partial charge in [0.2, 0.25) is 0 Å². The summed E-state index contributed by atoms with van der Waals surface area (Å²) < 4.78 is 38.5. The summed E-state index contributed by atoms with van der Waals surface area (Å²) in [7, 11) is 3.00. The molecule has 6 heteroatoms. The predicted octanol–water partition coefficient (Wildman–Crippen LogP) is 3.26. The lowest BCUT2D eigenvalue weighted by Gasteiger charge is -2.26. The van der Waals surface area contributed by atoms with Crippen LogP contribution in [0.2, 0.25) is 0 Å². The fourth-order valence-corrected chi connectivity index (χ4v) is 2.37. The van der Waals surface area contributed by atoms with E-state index in [2.05, 4.69) is 21.2 Å². The van der Waals surface area contributed by atoms with Crippen LogP contribution < -0.4 is 5.32 Å². The van der Waals surface area contributed by atoms with E-state index in [-0.39, 0.29) is 22.5 Å². The lowest BCUT2D eigenvalue weighted by Crippen LogP contribution is -2.44. The van der Waals surface area contributed by atoms with Gasteiger partial charge in [0, 0.05) is 19.8 Å². The zero-order chi connectivity index (χ0) is 15.1. The summed E-state index contributed by atoms with van der Waals surface area (Å²) in [5.41, 5.74) is 0.0204. The molecule has 0 aliphatic carbocycles. The van der Waals surface area contributed by atoms with E-state index >= 15 is 0 Å². The van der Waals surface area contributed by atoms with Crippen molar-refractivity contribution >= 4 is 15.9 Å². The zero-order valence-electron chi connectivity index (χ0n) is 11.9. The van der Waals surface area contributed by atoms with Crippen molar-refractivity contribution in [3.05, 3.63) is 33.8 Å². The third-order valence-electron chi connectivity index (χ3n) is 3.01. The maximum absolute atomic E-state index is 14.0. The van der Waals surface area contributed by atoms with Gasteiger partial charge >= 0.3 is 0 Å². The molecule has 0 spiro atoms. The zero-order valence-corrected chi connectivity index (χ0v) is 13.5. The molecule has 20 heavy (non-hydrogen) atoms. The van der Waals surface area contributed by atoms with Gasteiger partial charge in [-0.3, -0.25) is 0 Å². The van der Waals surface area contributed by atoms with E-state index in [0.717, 1.165) is 6.42 Å². The Hall–Kier alpha value is -0.560. The Balaban J connectivity index is 2.97. The van der Waals surface area contributed by atoms with Gasteiger partial charge in [-0.2, -0.15) is 0 Å². The SMILES string of the molecule is CCCNC(Cc1c(F)ccc(Br)c1F)C(OC)OC. The first kappa shape index (κ1) is 17.5. The molecule has 1 aromatic rings. The van der Waals surface area contributed by atoms with Crippen LogP contribution in [-0.2, 0) is 15.9 Å². The fourth-order valence-electron chi connectivity index (χ4n) is 2.00. The Labute approximate surface area is 126 Å². The summed E-state index contributed by atoms with van der Waals surface area (Å²) in [5.74, 6) is -1.15. The molecule has 0 aliphatic rings. The first-order chi connectivity index (χ1) is 9.54. The molecule has 0 radical (unpaired) electrons. The van der Waals surface area contributed by atoms with E-state index in [9.17, 15) is 8.78 Å². The molecule has 1 N–H and O–H groups in total. The molecule has 0 fully saturated rings. The average Bonchev–Trinajstić information content (AvgIpc) is 2.45. The second-order valence-electron chi connectivity index (χ2n) is 4.43. The van der Waals surface area contributed by atoms with Gasteiger partial charge in [0.25, 0.3) is 0 Å². The van der Waals surface area contributed by atoms with Gasteiger partial charge in [-0.15, -0.1) is 0 Å². The number of ether oxygens (including phenoxy) is 2. The minimum atomic E-state index is -0.584. The number of halogens is 3. The number of hydrogen-bond acceptors (Lipinski definition) is 3. The van der Waals surface area contributed by atoms with Crippen molar-refractivity contribution in [3.63, 3.8) is 0 Å². The van der Waals surface area contributed by atoms with E-state index in [4.69, 9.17) is 9.47 Å². The molecule has 0 aliphatic heterocycles. The molecule has 0 saturated carbocycles. The number of benzene rings is 1. The van der Waals surface area contributed by atoms with Gasteiger partial charge in [-0.1, -0.05) is 6.92 Å². The van der Waals surface area contributed by atoms with E-state index in [1.54, 1.807) is 0 Å². The van der Waals surface area contributed by atoms with Crippen LogP contribution in [0.5, 0.6) is 0 Å². The van der Waals surface area contributed by atoms with Gasteiger partial charge in [-0.25, -0.2) is 8.78 Å². The van der Waals surface area contributed by atoms with Crippen LogP contribution in [0.3, 0.4) is 0 Å². The van der Waals surface area contributed by atoms with Gasteiger partial charge in [0.05, 0.1) is 10.5 Å². The van der Waals surface area contributed by atoms with E-state index < -0.39 is 17.9 Å². The molecule has 0 heterocycles. The van der Waals surface area contributed by atoms with Crippen LogP contribution in [-0.4, -0.2) is 33.1 Å². The lowest BCUT2D eigenvalue weighted by molar-refractivity contribution is -0.122. The van der Waals surface area contributed by atoms with Crippen molar-refractivity contribution in [1.29, 1.82) is 0 Å². The molecule has 1 aromatic carbocycles. The first-order valence-corrected chi connectivity index (χ1v) is 7.25. The molecule has 3 nitrogen and oxygen atoms in total. The minimum Gasteiger partial charge on any atom is -0.354 e. The van der Waals surface area contributed by atoms with Crippen LogP contribution in [0.25, 0.3) is 0 Å². The Morgan fingerprint density at radius 2 is 1.90 bits per heavy atom. The monoisotopic (exact) mass is 351 g/mol. The Bertz CT molecular complexity index is 428. The van der Waals surface area contributed by atoms with Crippen LogP contribution in [0, 0.1) is 11.6 Å². The second kappa shape index (κ2) is 8.67. The molecular weight excluding hydrogens is 332 g/mol. The van der Waals surface area contributed by atoms with Crippen molar-refractivity contribution in [2.24, 2.45) is 0 Å². The van der Waals surface area contributed by atoms with Crippen molar-refractivity contribution in [2.45, 2.75) is 32.1 Å². The number of nitrogens with one attached hydrogen (secondary N) is 1. The van der Waals surface area contributed by atoms with Gasteiger partial charge < -0.3 is 14.8 Å². The van der Waals surface area contributed by atoms with E-state index in [0.29, 0.717) is 6.54 Å². The standard InChI is InChI=1S/C14H20BrF2NO2/c1-4-7-18-12(14(19-2)20-3)8-9-11(16)6-5-10(15)13(9)17/h5-6,12,14,18H,4,7-8H2,1-3H3. The first-order valence-electron chi connectivity index (χ1n) is 6.46. The fraction of sp³-hybridized carbons (Fsp3) is 0.571.